The van der Waals surface area contributed by atoms with Crippen molar-refractivity contribution in [1.29, 1.82) is 0 Å². The molecule has 0 fully saturated rings. The molecule has 39 heavy (non-hydrogen) atoms. The van der Waals surface area contributed by atoms with Gasteiger partial charge in [0.25, 0.3) is 11.8 Å². The summed E-state index contributed by atoms with van der Waals surface area (Å²) in [5.41, 5.74) is 3.40. The smallest absolute Gasteiger partial charge is 0.276 e. The first-order valence-corrected chi connectivity index (χ1v) is 12.4. The zero-order chi connectivity index (χ0) is 27.7. The van der Waals surface area contributed by atoms with E-state index in [1.807, 2.05) is 6.07 Å². The molecule has 0 unspecified atom stereocenters. The zero-order valence-electron chi connectivity index (χ0n) is 20.6. The van der Waals surface area contributed by atoms with Crippen LogP contribution in [0.4, 0.5) is 15.9 Å². The maximum Gasteiger partial charge on any atom is 0.276 e. The molecule has 12 heteroatoms. The van der Waals surface area contributed by atoms with Crippen LogP contribution in [0.1, 0.15) is 32.2 Å². The molecule has 0 spiro atoms. The molecule has 196 valence electrons. The number of carbonyl (C=O) groups excluding carboxylic acids is 2. The Hall–Kier alpha value is -4.54. The highest BCUT2D eigenvalue weighted by Crippen LogP contribution is 2.33. The van der Waals surface area contributed by atoms with Gasteiger partial charge in [0.05, 0.1) is 50.3 Å². The van der Waals surface area contributed by atoms with E-state index in [4.69, 9.17) is 23.2 Å². The summed E-state index contributed by atoms with van der Waals surface area (Å²) < 4.78 is 14.8. The lowest BCUT2D eigenvalue weighted by molar-refractivity contribution is 0.101. The molecule has 0 saturated heterocycles. The summed E-state index contributed by atoms with van der Waals surface area (Å²) in [7, 11) is 0. The van der Waals surface area contributed by atoms with E-state index in [-0.39, 0.29) is 27.1 Å². The topological polar surface area (TPSA) is 118 Å². The Morgan fingerprint density at radius 2 is 1.72 bits per heavy atom. The Morgan fingerprint density at radius 1 is 0.949 bits per heavy atom. The van der Waals surface area contributed by atoms with E-state index in [9.17, 15) is 14.0 Å². The first-order valence-electron chi connectivity index (χ1n) is 11.6. The van der Waals surface area contributed by atoms with Gasteiger partial charge in [0.1, 0.15) is 11.6 Å². The SMILES string of the molecule is Cc1n[nH]c(C)c1NC(=O)c1cc(NC(=O)c2cc(-c3ccc(F)cn3)c(Cl)cc2Cl)n(-c2ccccc2)n1. The predicted molar refractivity (Wildman–Crippen MR) is 147 cm³/mol. The number of H-pyrrole nitrogens is 1. The molecule has 3 aromatic heterocycles. The minimum atomic E-state index is -0.578. The minimum Gasteiger partial charge on any atom is -0.317 e. The fraction of sp³-hybridized carbons (Fsp3) is 0.0741. The van der Waals surface area contributed by atoms with E-state index in [1.54, 1.807) is 38.1 Å². The van der Waals surface area contributed by atoms with Gasteiger partial charge in [-0.05, 0) is 50.2 Å². The fourth-order valence-corrected chi connectivity index (χ4v) is 4.46. The van der Waals surface area contributed by atoms with Crippen LogP contribution in [-0.2, 0) is 0 Å². The number of anilines is 2. The van der Waals surface area contributed by atoms with Crippen LogP contribution in [0.3, 0.4) is 0 Å². The van der Waals surface area contributed by atoms with Crippen LogP contribution in [-0.4, -0.2) is 36.8 Å². The highest BCUT2D eigenvalue weighted by molar-refractivity contribution is 6.38. The number of nitrogens with one attached hydrogen (secondary N) is 3. The molecule has 2 aromatic carbocycles. The van der Waals surface area contributed by atoms with Crippen molar-refractivity contribution in [3.63, 3.8) is 0 Å². The number of pyridine rings is 1. The van der Waals surface area contributed by atoms with E-state index in [1.165, 1.54) is 35.0 Å². The average Bonchev–Trinajstić information content (AvgIpc) is 3.48. The quantitative estimate of drug-likeness (QED) is 0.226. The van der Waals surface area contributed by atoms with Crippen molar-refractivity contribution >= 4 is 46.5 Å². The molecule has 9 nitrogen and oxygen atoms in total. The summed E-state index contributed by atoms with van der Waals surface area (Å²) >= 11 is 12.7. The Morgan fingerprint density at radius 3 is 2.38 bits per heavy atom. The Kier molecular flexibility index (Phi) is 7.14. The molecule has 0 aliphatic carbocycles. The number of carbonyl (C=O) groups is 2. The van der Waals surface area contributed by atoms with Gasteiger partial charge in [-0.25, -0.2) is 9.07 Å². The van der Waals surface area contributed by atoms with E-state index in [0.29, 0.717) is 34.0 Å². The van der Waals surface area contributed by atoms with Gasteiger partial charge in [-0.2, -0.15) is 10.2 Å². The first-order chi connectivity index (χ1) is 18.7. The van der Waals surface area contributed by atoms with Gasteiger partial charge in [0.15, 0.2) is 5.69 Å². The van der Waals surface area contributed by atoms with Crippen molar-refractivity contribution in [2.75, 3.05) is 10.6 Å². The van der Waals surface area contributed by atoms with Gasteiger partial charge in [0, 0.05) is 11.6 Å². The summed E-state index contributed by atoms with van der Waals surface area (Å²) in [6, 6.07) is 16.0. The van der Waals surface area contributed by atoms with Crippen LogP contribution in [0.2, 0.25) is 10.0 Å². The largest absolute Gasteiger partial charge is 0.317 e. The lowest BCUT2D eigenvalue weighted by Crippen LogP contribution is -2.16. The second kappa shape index (κ2) is 10.7. The summed E-state index contributed by atoms with van der Waals surface area (Å²) in [4.78, 5) is 30.5. The Balaban J connectivity index is 1.50. The molecule has 5 aromatic rings. The van der Waals surface area contributed by atoms with Gasteiger partial charge in [-0.3, -0.25) is 19.7 Å². The molecule has 0 atom stereocenters. The maximum atomic E-state index is 13.4. The standard InChI is InChI=1S/C27H20Cl2FN7O2/c1-14-25(15(2)35-34-14)33-27(39)23-12-24(37(36-23)17-6-4-3-5-7-17)32-26(38)19-10-18(20(28)11-21(19)29)22-9-8-16(30)13-31-22/h3-13H,1-2H3,(H,32,38)(H,33,39)(H,34,35). The highest BCUT2D eigenvalue weighted by Gasteiger charge is 2.22. The van der Waals surface area contributed by atoms with Crippen molar-refractivity contribution in [3.05, 3.63) is 105 Å². The van der Waals surface area contributed by atoms with E-state index < -0.39 is 17.6 Å². The third kappa shape index (κ3) is 5.38. The molecule has 0 radical (unpaired) electrons. The first kappa shape index (κ1) is 26.1. The van der Waals surface area contributed by atoms with Crippen molar-refractivity contribution in [2.45, 2.75) is 13.8 Å². The monoisotopic (exact) mass is 563 g/mol. The normalized spacial score (nSPS) is 10.9. The average molecular weight is 564 g/mol. The van der Waals surface area contributed by atoms with Gasteiger partial charge in [-0.1, -0.05) is 41.4 Å². The molecular formula is C27H20Cl2FN7O2. The third-order valence-electron chi connectivity index (χ3n) is 5.86. The van der Waals surface area contributed by atoms with Crippen LogP contribution in [0.25, 0.3) is 16.9 Å². The lowest BCUT2D eigenvalue weighted by atomic mass is 10.1. The van der Waals surface area contributed by atoms with E-state index >= 15 is 0 Å². The number of aryl methyl sites for hydroxylation is 2. The zero-order valence-corrected chi connectivity index (χ0v) is 22.1. The summed E-state index contributed by atoms with van der Waals surface area (Å²) in [5, 5.41) is 17.3. The van der Waals surface area contributed by atoms with Crippen LogP contribution in [0.15, 0.2) is 66.9 Å². The minimum absolute atomic E-state index is 0.0626. The van der Waals surface area contributed by atoms with Crippen LogP contribution < -0.4 is 10.6 Å². The predicted octanol–water partition coefficient (Wildman–Crippen LogP) is 6.22. The number of benzene rings is 2. The molecule has 0 saturated carbocycles. The molecular weight excluding hydrogens is 544 g/mol. The Bertz CT molecular complexity index is 1680. The maximum absolute atomic E-state index is 13.4. The van der Waals surface area contributed by atoms with Crippen LogP contribution in [0, 0.1) is 19.7 Å². The van der Waals surface area contributed by atoms with Gasteiger partial charge in [-0.15, -0.1) is 0 Å². The summed E-state index contributed by atoms with van der Waals surface area (Å²) in [6.07, 6.45) is 1.05. The molecule has 0 aliphatic rings. The molecule has 0 bridgehead atoms. The van der Waals surface area contributed by atoms with Crippen LogP contribution in [0.5, 0.6) is 0 Å². The molecule has 5 rings (SSSR count). The van der Waals surface area contributed by atoms with Crippen molar-refractivity contribution in [2.24, 2.45) is 0 Å². The number of para-hydroxylation sites is 1. The number of hydrogen-bond donors (Lipinski definition) is 3. The number of nitrogens with zero attached hydrogens (tertiary/aromatic N) is 4. The second-order valence-electron chi connectivity index (χ2n) is 8.55. The highest BCUT2D eigenvalue weighted by atomic mass is 35.5. The van der Waals surface area contributed by atoms with Crippen LogP contribution >= 0.6 is 23.2 Å². The second-order valence-corrected chi connectivity index (χ2v) is 9.37. The molecule has 0 aliphatic heterocycles. The number of hydrogen-bond acceptors (Lipinski definition) is 5. The molecule has 3 N–H and O–H groups in total. The van der Waals surface area contributed by atoms with Gasteiger partial charge in [0.2, 0.25) is 0 Å². The number of amides is 2. The van der Waals surface area contributed by atoms with Gasteiger partial charge >= 0.3 is 0 Å². The molecule has 3 heterocycles. The number of halogens is 3. The van der Waals surface area contributed by atoms with Gasteiger partial charge < -0.3 is 10.6 Å². The number of aromatic amines is 1. The van der Waals surface area contributed by atoms with Crippen molar-refractivity contribution < 1.29 is 14.0 Å². The van der Waals surface area contributed by atoms with E-state index in [0.717, 1.165) is 6.20 Å². The molecule has 2 amide bonds. The van der Waals surface area contributed by atoms with E-state index in [2.05, 4.69) is 30.9 Å². The summed E-state index contributed by atoms with van der Waals surface area (Å²) in [5.74, 6) is -1.34. The van der Waals surface area contributed by atoms with Crippen molar-refractivity contribution in [3.8, 4) is 16.9 Å². The number of aromatic nitrogens is 5. The Labute approximate surface area is 232 Å². The fourth-order valence-electron chi connectivity index (χ4n) is 3.90. The van der Waals surface area contributed by atoms with Crippen molar-refractivity contribution in [1.82, 2.24) is 25.0 Å². The number of rotatable bonds is 6. The summed E-state index contributed by atoms with van der Waals surface area (Å²) in [6.45, 7) is 3.55. The third-order valence-corrected chi connectivity index (χ3v) is 6.48. The lowest BCUT2D eigenvalue weighted by Gasteiger charge is -2.12.